The minimum atomic E-state index is -4.70. The van der Waals surface area contributed by atoms with E-state index in [2.05, 4.69) is 16.1 Å². The van der Waals surface area contributed by atoms with Gasteiger partial charge in [0.15, 0.2) is 0 Å². The molecule has 0 fully saturated rings. The fourth-order valence-electron chi connectivity index (χ4n) is 1.47. The van der Waals surface area contributed by atoms with E-state index in [0.29, 0.717) is 5.56 Å². The zero-order valence-corrected chi connectivity index (χ0v) is 10.7. The van der Waals surface area contributed by atoms with Crippen molar-refractivity contribution < 1.29 is 17.9 Å². The van der Waals surface area contributed by atoms with Gasteiger partial charge in [0.05, 0.1) is 6.07 Å². The molecule has 0 aliphatic carbocycles. The molecule has 1 rings (SSSR count). The van der Waals surface area contributed by atoms with Crippen molar-refractivity contribution in [2.24, 2.45) is 0 Å². The van der Waals surface area contributed by atoms with Gasteiger partial charge in [0.1, 0.15) is 11.8 Å². The highest BCUT2D eigenvalue weighted by Crippen LogP contribution is 2.24. The van der Waals surface area contributed by atoms with E-state index in [1.807, 2.05) is 13.8 Å². The first-order valence-electron chi connectivity index (χ1n) is 5.87. The first kappa shape index (κ1) is 15.3. The monoisotopic (exact) mass is 272 g/mol. The average molecular weight is 272 g/mol. The normalized spacial score (nSPS) is 14.5. The Hall–Kier alpha value is -1.74. The van der Waals surface area contributed by atoms with Gasteiger partial charge in [-0.3, -0.25) is 5.32 Å². The molecule has 6 heteroatoms. The molecular weight excluding hydrogens is 257 g/mol. The van der Waals surface area contributed by atoms with Gasteiger partial charge in [-0.25, -0.2) is 0 Å². The zero-order valence-electron chi connectivity index (χ0n) is 10.7. The molecule has 1 aromatic carbocycles. The summed E-state index contributed by atoms with van der Waals surface area (Å²) in [5.74, 6) is -0.295. The second-order valence-corrected chi connectivity index (χ2v) is 4.15. The molecule has 2 atom stereocenters. The van der Waals surface area contributed by atoms with Crippen LogP contribution in [-0.2, 0) is 0 Å². The lowest BCUT2D eigenvalue weighted by atomic mass is 10.1. The van der Waals surface area contributed by atoms with Gasteiger partial charge >= 0.3 is 6.36 Å². The van der Waals surface area contributed by atoms with Crippen LogP contribution in [0.1, 0.15) is 31.9 Å². The van der Waals surface area contributed by atoms with Gasteiger partial charge in [-0.2, -0.15) is 5.26 Å². The number of ether oxygens (including phenoxy) is 1. The third-order valence-corrected chi connectivity index (χ3v) is 2.64. The summed E-state index contributed by atoms with van der Waals surface area (Å²) in [5.41, 5.74) is 0.609. The number of nitrogens with zero attached hydrogens (tertiary/aromatic N) is 1. The molecule has 1 N–H and O–H groups in total. The van der Waals surface area contributed by atoms with E-state index in [9.17, 15) is 13.2 Å². The van der Waals surface area contributed by atoms with Gasteiger partial charge in [0.25, 0.3) is 0 Å². The average Bonchev–Trinajstić information content (AvgIpc) is 2.35. The Balaban J connectivity index is 2.77. The molecule has 0 saturated carbocycles. The van der Waals surface area contributed by atoms with E-state index in [4.69, 9.17) is 5.26 Å². The molecule has 0 aliphatic heterocycles. The highest BCUT2D eigenvalue weighted by atomic mass is 19.4. The number of benzene rings is 1. The Morgan fingerprint density at radius 3 is 2.32 bits per heavy atom. The Morgan fingerprint density at radius 2 is 1.89 bits per heavy atom. The fourth-order valence-corrected chi connectivity index (χ4v) is 1.47. The highest BCUT2D eigenvalue weighted by Gasteiger charge is 2.31. The van der Waals surface area contributed by atoms with E-state index in [1.165, 1.54) is 24.3 Å². The van der Waals surface area contributed by atoms with Crippen molar-refractivity contribution in [1.82, 2.24) is 5.32 Å². The Kier molecular flexibility index (Phi) is 5.19. The van der Waals surface area contributed by atoms with Crippen molar-refractivity contribution >= 4 is 0 Å². The second kappa shape index (κ2) is 6.43. The summed E-state index contributed by atoms with van der Waals surface area (Å²) in [4.78, 5) is 0. The van der Waals surface area contributed by atoms with Gasteiger partial charge in [-0.05, 0) is 31.0 Å². The molecule has 0 saturated heterocycles. The van der Waals surface area contributed by atoms with Crippen LogP contribution in [0.3, 0.4) is 0 Å². The zero-order chi connectivity index (χ0) is 14.5. The van der Waals surface area contributed by atoms with Crippen molar-refractivity contribution in [2.75, 3.05) is 0 Å². The van der Waals surface area contributed by atoms with Crippen LogP contribution in [0.15, 0.2) is 24.3 Å². The van der Waals surface area contributed by atoms with Crippen LogP contribution in [-0.4, -0.2) is 12.4 Å². The van der Waals surface area contributed by atoms with Crippen molar-refractivity contribution in [3.05, 3.63) is 29.8 Å². The summed E-state index contributed by atoms with van der Waals surface area (Å²) in [7, 11) is 0. The third-order valence-electron chi connectivity index (χ3n) is 2.64. The minimum absolute atomic E-state index is 0.149. The van der Waals surface area contributed by atoms with Gasteiger partial charge < -0.3 is 4.74 Å². The van der Waals surface area contributed by atoms with E-state index >= 15 is 0 Å². The van der Waals surface area contributed by atoms with E-state index in [-0.39, 0.29) is 11.8 Å². The molecule has 0 radical (unpaired) electrons. The lowest BCUT2D eigenvalue weighted by molar-refractivity contribution is -0.274. The van der Waals surface area contributed by atoms with Gasteiger partial charge in [0.2, 0.25) is 0 Å². The summed E-state index contributed by atoms with van der Waals surface area (Å²) in [6.45, 7) is 3.91. The molecule has 0 amide bonds. The summed E-state index contributed by atoms with van der Waals surface area (Å²) in [6, 6.07) is 6.98. The molecule has 0 aliphatic rings. The molecule has 0 spiro atoms. The Labute approximate surface area is 110 Å². The molecule has 0 aromatic heterocycles. The number of alkyl halides is 3. The lowest BCUT2D eigenvalue weighted by Crippen LogP contribution is -2.29. The van der Waals surface area contributed by atoms with Crippen molar-refractivity contribution in [3.8, 4) is 11.8 Å². The van der Waals surface area contributed by atoms with E-state index in [1.54, 1.807) is 0 Å². The molecule has 2 unspecified atom stereocenters. The number of nitrogens with one attached hydrogen (secondary N) is 1. The molecule has 0 bridgehead atoms. The van der Waals surface area contributed by atoms with Gasteiger partial charge in [-0.1, -0.05) is 19.1 Å². The van der Waals surface area contributed by atoms with Crippen LogP contribution in [0.5, 0.6) is 5.75 Å². The Morgan fingerprint density at radius 1 is 1.32 bits per heavy atom. The van der Waals surface area contributed by atoms with Gasteiger partial charge in [0, 0.05) is 6.04 Å². The van der Waals surface area contributed by atoms with E-state index < -0.39 is 12.4 Å². The quantitative estimate of drug-likeness (QED) is 0.891. The second-order valence-electron chi connectivity index (χ2n) is 4.15. The summed E-state index contributed by atoms with van der Waals surface area (Å²) >= 11 is 0. The van der Waals surface area contributed by atoms with E-state index in [0.717, 1.165) is 6.42 Å². The number of rotatable bonds is 5. The maximum atomic E-state index is 12.0. The van der Waals surface area contributed by atoms with Crippen molar-refractivity contribution in [3.63, 3.8) is 0 Å². The Bertz CT molecular complexity index is 437. The van der Waals surface area contributed by atoms with Crippen LogP contribution >= 0.6 is 0 Å². The lowest BCUT2D eigenvalue weighted by Gasteiger charge is -2.17. The molecule has 0 heterocycles. The first-order valence-corrected chi connectivity index (χ1v) is 5.87. The standard InChI is InChI=1S/C13H15F3N2O/c1-3-9(2)18-12(8-17)10-4-6-11(7-5-10)19-13(14,15)16/h4-7,9,12,18H,3H2,1-2H3. The number of nitriles is 1. The van der Waals surface area contributed by atoms with Crippen molar-refractivity contribution in [1.29, 1.82) is 5.26 Å². The van der Waals surface area contributed by atoms with Crippen LogP contribution in [0, 0.1) is 11.3 Å². The summed E-state index contributed by atoms with van der Waals surface area (Å²) < 4.78 is 39.8. The maximum Gasteiger partial charge on any atom is 0.573 e. The van der Waals surface area contributed by atoms with Crippen LogP contribution in [0.25, 0.3) is 0 Å². The van der Waals surface area contributed by atoms with Crippen LogP contribution in [0.2, 0.25) is 0 Å². The molecule has 3 nitrogen and oxygen atoms in total. The highest BCUT2D eigenvalue weighted by molar-refractivity contribution is 5.31. The topological polar surface area (TPSA) is 45.0 Å². The predicted molar refractivity (Wildman–Crippen MR) is 64.4 cm³/mol. The SMILES string of the molecule is CCC(C)NC(C#N)c1ccc(OC(F)(F)F)cc1. The first-order chi connectivity index (χ1) is 8.85. The summed E-state index contributed by atoms with van der Waals surface area (Å²) in [6.07, 6.45) is -3.85. The van der Waals surface area contributed by atoms with Gasteiger partial charge in [-0.15, -0.1) is 13.2 Å². The molecular formula is C13H15F3N2O. The predicted octanol–water partition coefficient (Wildman–Crippen LogP) is 3.54. The third kappa shape index (κ3) is 5.18. The molecule has 19 heavy (non-hydrogen) atoms. The summed E-state index contributed by atoms with van der Waals surface area (Å²) in [5, 5.41) is 12.1. The fraction of sp³-hybridized carbons (Fsp3) is 0.462. The smallest absolute Gasteiger partial charge is 0.406 e. The maximum absolute atomic E-state index is 12.0. The number of hydrogen-bond donors (Lipinski definition) is 1. The largest absolute Gasteiger partial charge is 0.573 e. The van der Waals surface area contributed by atoms with Crippen LogP contribution < -0.4 is 10.1 Å². The van der Waals surface area contributed by atoms with Crippen molar-refractivity contribution in [2.45, 2.75) is 38.7 Å². The number of hydrogen-bond acceptors (Lipinski definition) is 3. The molecule has 104 valence electrons. The molecule has 1 aromatic rings. The van der Waals surface area contributed by atoms with Crippen LogP contribution in [0.4, 0.5) is 13.2 Å². The number of halogens is 3. The minimum Gasteiger partial charge on any atom is -0.406 e.